The molecule has 1 atom stereocenters. The van der Waals surface area contributed by atoms with E-state index in [4.69, 9.17) is 4.74 Å². The fourth-order valence-electron chi connectivity index (χ4n) is 2.67. The maximum atomic E-state index is 11.3. The molecule has 1 N–H and O–H groups in total. The maximum Gasteiger partial charge on any atom is 0.311 e. The van der Waals surface area contributed by atoms with Gasteiger partial charge in [-0.15, -0.1) is 5.10 Å². The fourth-order valence-corrected chi connectivity index (χ4v) is 2.67. The first-order valence-corrected chi connectivity index (χ1v) is 6.32. The first-order chi connectivity index (χ1) is 8.71. The molecule has 1 aliphatic heterocycles. The molecule has 1 aliphatic carbocycles. The number of hydrogen-bond donors (Lipinski definition) is 1. The highest BCUT2D eigenvalue weighted by Gasteiger charge is 2.45. The number of ether oxygens (including phenoxy) is 1. The van der Waals surface area contributed by atoms with E-state index in [-0.39, 0.29) is 6.10 Å². The number of nitrogens with zero attached hydrogens (tertiary/aromatic N) is 4. The summed E-state index contributed by atoms with van der Waals surface area (Å²) in [6.07, 6.45) is 4.19. The normalized spacial score (nSPS) is 25.9. The second-order valence-electron chi connectivity index (χ2n) is 5.14. The Morgan fingerprint density at radius 1 is 1.50 bits per heavy atom. The number of rotatable bonds is 4. The van der Waals surface area contributed by atoms with Gasteiger partial charge in [-0.1, -0.05) is 6.42 Å². The summed E-state index contributed by atoms with van der Waals surface area (Å²) >= 11 is 0. The van der Waals surface area contributed by atoms with Crippen LogP contribution in [0.15, 0.2) is 0 Å². The van der Waals surface area contributed by atoms with E-state index in [0.717, 1.165) is 25.9 Å². The van der Waals surface area contributed by atoms with Gasteiger partial charge in [0, 0.05) is 6.61 Å². The largest absolute Gasteiger partial charge is 0.481 e. The van der Waals surface area contributed by atoms with Gasteiger partial charge in [0.15, 0.2) is 5.82 Å². The van der Waals surface area contributed by atoms with Gasteiger partial charge in [-0.25, -0.2) is 4.68 Å². The lowest BCUT2D eigenvalue weighted by molar-refractivity contribution is -0.156. The van der Waals surface area contributed by atoms with Crippen molar-refractivity contribution >= 4 is 5.97 Å². The first kappa shape index (κ1) is 11.6. The molecule has 0 aromatic carbocycles. The molecule has 98 valence electrons. The molecule has 1 saturated carbocycles. The smallest absolute Gasteiger partial charge is 0.311 e. The lowest BCUT2D eigenvalue weighted by Gasteiger charge is -2.37. The van der Waals surface area contributed by atoms with Crippen molar-refractivity contribution in [1.82, 2.24) is 20.2 Å². The molecule has 7 nitrogen and oxygen atoms in total. The van der Waals surface area contributed by atoms with Gasteiger partial charge in [0.25, 0.3) is 0 Å². The lowest BCUT2D eigenvalue weighted by Crippen LogP contribution is -2.42. The maximum absolute atomic E-state index is 11.3. The Balaban J connectivity index is 1.80. The van der Waals surface area contributed by atoms with Crippen molar-refractivity contribution in [3.8, 4) is 0 Å². The highest BCUT2D eigenvalue weighted by atomic mass is 16.5. The Hall–Kier alpha value is -1.50. The fraction of sp³-hybridized carbons (Fsp3) is 0.818. The summed E-state index contributed by atoms with van der Waals surface area (Å²) in [5.41, 5.74) is -0.678. The van der Waals surface area contributed by atoms with Crippen molar-refractivity contribution in [2.24, 2.45) is 5.41 Å². The second kappa shape index (κ2) is 4.31. The Kier molecular flexibility index (Phi) is 2.77. The predicted molar refractivity (Wildman–Crippen MR) is 59.7 cm³/mol. The van der Waals surface area contributed by atoms with Gasteiger partial charge < -0.3 is 9.84 Å². The summed E-state index contributed by atoms with van der Waals surface area (Å²) in [4.78, 5) is 11.3. The van der Waals surface area contributed by atoms with Crippen molar-refractivity contribution in [3.63, 3.8) is 0 Å². The minimum Gasteiger partial charge on any atom is -0.481 e. The van der Waals surface area contributed by atoms with Gasteiger partial charge in [-0.05, 0) is 36.1 Å². The van der Waals surface area contributed by atoms with Gasteiger partial charge >= 0.3 is 5.97 Å². The van der Waals surface area contributed by atoms with E-state index in [1.807, 2.05) is 0 Å². The molecule has 0 spiro atoms. The molecular weight excluding hydrogens is 236 g/mol. The van der Waals surface area contributed by atoms with Crippen LogP contribution in [0.5, 0.6) is 0 Å². The van der Waals surface area contributed by atoms with Crippen molar-refractivity contribution in [3.05, 3.63) is 5.82 Å². The molecular formula is C11H16N4O3. The van der Waals surface area contributed by atoms with Gasteiger partial charge in [-0.2, -0.15) is 0 Å². The molecule has 0 radical (unpaired) electrons. The van der Waals surface area contributed by atoms with E-state index in [9.17, 15) is 9.90 Å². The van der Waals surface area contributed by atoms with E-state index in [0.29, 0.717) is 25.2 Å². The van der Waals surface area contributed by atoms with Crippen LogP contribution in [-0.4, -0.2) is 37.9 Å². The predicted octanol–water partition coefficient (Wildman–Crippen LogP) is 0.779. The monoisotopic (exact) mass is 252 g/mol. The van der Waals surface area contributed by atoms with Crippen LogP contribution in [0.25, 0.3) is 0 Å². The first-order valence-electron chi connectivity index (χ1n) is 6.32. The summed E-state index contributed by atoms with van der Waals surface area (Å²) in [6, 6.07) is 0. The SMILES string of the molecule is O=C(O)C1(Cn2nnnc2C2CCCO2)CCC1. The van der Waals surface area contributed by atoms with Crippen LogP contribution in [0.1, 0.15) is 44.0 Å². The minimum atomic E-state index is -0.748. The number of tetrazole rings is 1. The molecule has 0 bridgehead atoms. The quantitative estimate of drug-likeness (QED) is 0.851. The number of carboxylic acids is 1. The molecule has 1 unspecified atom stereocenters. The van der Waals surface area contributed by atoms with Crippen LogP contribution in [0, 0.1) is 5.41 Å². The Bertz CT molecular complexity index is 449. The summed E-state index contributed by atoms with van der Waals surface area (Å²) in [6.45, 7) is 1.08. The number of carboxylic acid groups (broad SMARTS) is 1. The van der Waals surface area contributed by atoms with E-state index >= 15 is 0 Å². The summed E-state index contributed by atoms with van der Waals surface area (Å²) in [7, 11) is 0. The third-order valence-electron chi connectivity index (χ3n) is 3.99. The molecule has 1 aromatic rings. The van der Waals surface area contributed by atoms with Crippen LogP contribution >= 0.6 is 0 Å². The van der Waals surface area contributed by atoms with Crippen LogP contribution < -0.4 is 0 Å². The molecule has 2 heterocycles. The minimum absolute atomic E-state index is 0.0779. The zero-order chi connectivity index (χ0) is 12.6. The molecule has 1 aromatic heterocycles. The zero-order valence-corrected chi connectivity index (χ0v) is 10.1. The van der Waals surface area contributed by atoms with Gasteiger partial charge in [-0.3, -0.25) is 4.79 Å². The highest BCUT2D eigenvalue weighted by molar-refractivity contribution is 5.75. The molecule has 2 fully saturated rings. The zero-order valence-electron chi connectivity index (χ0n) is 10.1. The van der Waals surface area contributed by atoms with Crippen LogP contribution in [0.4, 0.5) is 0 Å². The average molecular weight is 252 g/mol. The Morgan fingerprint density at radius 2 is 2.33 bits per heavy atom. The van der Waals surface area contributed by atoms with Gasteiger partial charge in [0.2, 0.25) is 0 Å². The van der Waals surface area contributed by atoms with Crippen LogP contribution in [0.3, 0.4) is 0 Å². The molecule has 1 saturated heterocycles. The number of carbonyl (C=O) groups is 1. The van der Waals surface area contributed by atoms with Crippen molar-refractivity contribution in [2.45, 2.75) is 44.8 Å². The summed E-state index contributed by atoms with van der Waals surface area (Å²) in [5.74, 6) is -0.0810. The molecule has 2 aliphatic rings. The number of hydrogen-bond acceptors (Lipinski definition) is 5. The van der Waals surface area contributed by atoms with Crippen LogP contribution in [-0.2, 0) is 16.1 Å². The topological polar surface area (TPSA) is 90.1 Å². The third kappa shape index (κ3) is 1.78. The Morgan fingerprint density at radius 3 is 2.89 bits per heavy atom. The van der Waals surface area contributed by atoms with E-state index in [2.05, 4.69) is 15.5 Å². The summed E-state index contributed by atoms with van der Waals surface area (Å²) in [5, 5.41) is 20.9. The van der Waals surface area contributed by atoms with Crippen LogP contribution in [0.2, 0.25) is 0 Å². The van der Waals surface area contributed by atoms with Crippen molar-refractivity contribution in [1.29, 1.82) is 0 Å². The standard InChI is InChI=1S/C11H16N4O3/c16-10(17)11(4-2-5-11)7-15-9(12-13-14-15)8-3-1-6-18-8/h8H,1-7H2,(H,16,17). The van der Waals surface area contributed by atoms with Crippen molar-refractivity contribution in [2.75, 3.05) is 6.61 Å². The lowest BCUT2D eigenvalue weighted by atomic mass is 9.69. The molecule has 7 heteroatoms. The Labute approximate surface area is 104 Å². The number of aliphatic carboxylic acids is 1. The van der Waals surface area contributed by atoms with Gasteiger partial charge in [0.1, 0.15) is 6.10 Å². The van der Waals surface area contributed by atoms with E-state index < -0.39 is 11.4 Å². The molecule has 18 heavy (non-hydrogen) atoms. The van der Waals surface area contributed by atoms with Crippen molar-refractivity contribution < 1.29 is 14.6 Å². The van der Waals surface area contributed by atoms with E-state index in [1.165, 1.54) is 0 Å². The number of aromatic nitrogens is 4. The highest BCUT2D eigenvalue weighted by Crippen LogP contribution is 2.43. The molecule has 3 rings (SSSR count). The second-order valence-corrected chi connectivity index (χ2v) is 5.14. The summed E-state index contributed by atoms with van der Waals surface area (Å²) < 4.78 is 7.17. The van der Waals surface area contributed by atoms with E-state index in [1.54, 1.807) is 4.68 Å². The third-order valence-corrected chi connectivity index (χ3v) is 3.99. The molecule has 0 amide bonds. The van der Waals surface area contributed by atoms with Gasteiger partial charge in [0.05, 0.1) is 12.0 Å². The average Bonchev–Trinajstić information content (AvgIpc) is 2.93.